The summed E-state index contributed by atoms with van der Waals surface area (Å²) in [5.74, 6) is 0.0333. The number of thiazole rings is 1. The first kappa shape index (κ1) is 14.0. The summed E-state index contributed by atoms with van der Waals surface area (Å²) < 4.78 is 5.52. The Hall–Kier alpha value is -2.38. The molecular formula is C17H14N4O2S. The summed E-state index contributed by atoms with van der Waals surface area (Å²) in [6, 6.07) is 7.93. The Morgan fingerprint density at radius 2 is 2.25 bits per heavy atom. The van der Waals surface area contributed by atoms with Gasteiger partial charge in [-0.2, -0.15) is 10.2 Å². The number of carbonyl (C=O) groups is 1. The zero-order valence-corrected chi connectivity index (χ0v) is 13.5. The lowest BCUT2D eigenvalue weighted by Crippen LogP contribution is -2.43. The molecule has 24 heavy (non-hydrogen) atoms. The number of amides is 1. The maximum Gasteiger partial charge on any atom is 0.234 e. The molecule has 120 valence electrons. The molecule has 2 saturated heterocycles. The van der Waals surface area contributed by atoms with Crippen molar-refractivity contribution in [2.45, 2.75) is 18.9 Å². The van der Waals surface area contributed by atoms with Crippen molar-refractivity contribution in [3.63, 3.8) is 0 Å². The molecule has 0 unspecified atom stereocenters. The summed E-state index contributed by atoms with van der Waals surface area (Å²) in [6.45, 7) is 0.535. The van der Waals surface area contributed by atoms with Gasteiger partial charge in [0.15, 0.2) is 5.13 Å². The molecule has 1 N–H and O–H groups in total. The molecule has 0 radical (unpaired) electrons. The third-order valence-electron chi connectivity index (χ3n) is 4.84. The maximum absolute atomic E-state index is 12.5. The van der Waals surface area contributed by atoms with Crippen LogP contribution in [0.25, 0.3) is 21.3 Å². The van der Waals surface area contributed by atoms with Crippen molar-refractivity contribution in [1.29, 1.82) is 0 Å². The second kappa shape index (κ2) is 5.06. The third-order valence-corrected chi connectivity index (χ3v) is 5.80. The maximum atomic E-state index is 12.5. The van der Waals surface area contributed by atoms with Gasteiger partial charge in [-0.25, -0.2) is 4.98 Å². The van der Waals surface area contributed by atoms with Crippen molar-refractivity contribution < 1.29 is 9.53 Å². The number of rotatable bonds is 3. The highest BCUT2D eigenvalue weighted by atomic mass is 32.1. The number of benzene rings is 1. The van der Waals surface area contributed by atoms with E-state index in [0.717, 1.165) is 34.2 Å². The number of carbonyl (C=O) groups excluding carboxylic acids is 1. The van der Waals surface area contributed by atoms with Crippen LogP contribution < -0.4 is 5.32 Å². The highest BCUT2D eigenvalue weighted by molar-refractivity contribution is 7.19. The summed E-state index contributed by atoms with van der Waals surface area (Å²) in [6.07, 6.45) is 5.43. The molecule has 2 bridgehead atoms. The number of nitrogens with one attached hydrogen (secondary N) is 1. The summed E-state index contributed by atoms with van der Waals surface area (Å²) in [5, 5.41) is 12.6. The normalized spacial score (nSPS) is 24.8. The average molecular weight is 338 g/mol. The Balaban J connectivity index is 1.39. The first-order chi connectivity index (χ1) is 11.7. The molecule has 6 rings (SSSR count). The van der Waals surface area contributed by atoms with Crippen LogP contribution in [0.4, 0.5) is 5.13 Å². The SMILES string of the molecule is O=C(Nc1ncc(-c2ccc3nnccc3c2)s1)C12COC(C1)C2. The van der Waals surface area contributed by atoms with E-state index in [1.54, 1.807) is 12.4 Å². The Labute approximate surface area is 141 Å². The van der Waals surface area contributed by atoms with Crippen LogP contribution in [0.3, 0.4) is 0 Å². The van der Waals surface area contributed by atoms with Crippen molar-refractivity contribution in [3.05, 3.63) is 36.7 Å². The van der Waals surface area contributed by atoms with Gasteiger partial charge in [-0.05, 0) is 36.6 Å². The van der Waals surface area contributed by atoms with E-state index in [0.29, 0.717) is 11.7 Å². The zero-order chi connectivity index (χ0) is 16.1. The number of hydrogen-bond donors (Lipinski definition) is 1. The predicted molar refractivity (Wildman–Crippen MR) is 90.7 cm³/mol. The van der Waals surface area contributed by atoms with E-state index in [4.69, 9.17) is 4.74 Å². The molecule has 1 amide bonds. The molecule has 2 aliphatic heterocycles. The number of nitrogens with zero attached hydrogens (tertiary/aromatic N) is 3. The number of anilines is 1. The first-order valence-electron chi connectivity index (χ1n) is 7.83. The number of ether oxygens (including phenoxy) is 1. The molecule has 7 heteroatoms. The van der Waals surface area contributed by atoms with E-state index >= 15 is 0 Å². The zero-order valence-electron chi connectivity index (χ0n) is 12.7. The van der Waals surface area contributed by atoms with Crippen molar-refractivity contribution >= 4 is 33.3 Å². The lowest BCUT2D eigenvalue weighted by molar-refractivity contribution is -0.127. The molecule has 1 aliphatic carbocycles. The topological polar surface area (TPSA) is 77.0 Å². The summed E-state index contributed by atoms with van der Waals surface area (Å²) >= 11 is 1.48. The van der Waals surface area contributed by atoms with Crippen molar-refractivity contribution in [1.82, 2.24) is 15.2 Å². The molecular weight excluding hydrogens is 324 g/mol. The molecule has 3 aliphatic rings. The van der Waals surface area contributed by atoms with E-state index in [1.165, 1.54) is 11.3 Å². The van der Waals surface area contributed by atoms with Crippen molar-refractivity contribution in [2.75, 3.05) is 11.9 Å². The van der Waals surface area contributed by atoms with Gasteiger partial charge in [0.25, 0.3) is 0 Å². The fourth-order valence-corrected chi connectivity index (χ4v) is 4.22. The van der Waals surface area contributed by atoms with E-state index < -0.39 is 0 Å². The fourth-order valence-electron chi connectivity index (χ4n) is 3.41. The average Bonchev–Trinajstić information content (AvgIpc) is 3.29. The van der Waals surface area contributed by atoms with Crippen LogP contribution in [0, 0.1) is 5.41 Å². The number of fused-ring (bicyclic) bond motifs is 2. The quantitative estimate of drug-likeness (QED) is 0.794. The Morgan fingerprint density at radius 1 is 1.33 bits per heavy atom. The molecule has 6 nitrogen and oxygen atoms in total. The van der Waals surface area contributed by atoms with E-state index in [9.17, 15) is 4.79 Å². The van der Waals surface area contributed by atoms with Gasteiger partial charge in [0.05, 0.1) is 34.7 Å². The standard InChI is InChI=1S/C17H14N4O2S/c22-15(17-6-12(7-17)23-9-17)20-16-18-8-14(24-16)11-1-2-13-10(5-11)3-4-19-21-13/h1-5,8,12H,6-7,9H2,(H,18,20,22). The minimum Gasteiger partial charge on any atom is -0.377 e. The molecule has 1 aromatic carbocycles. The second-order valence-electron chi connectivity index (χ2n) is 6.41. The predicted octanol–water partition coefficient (Wildman–Crippen LogP) is 2.87. The van der Waals surface area contributed by atoms with Gasteiger partial charge in [-0.15, -0.1) is 0 Å². The minimum atomic E-state index is -0.321. The third kappa shape index (κ3) is 2.12. The van der Waals surface area contributed by atoms with Crippen molar-refractivity contribution in [2.24, 2.45) is 5.41 Å². The van der Waals surface area contributed by atoms with Gasteiger partial charge < -0.3 is 10.1 Å². The first-order valence-corrected chi connectivity index (χ1v) is 8.64. The summed E-state index contributed by atoms with van der Waals surface area (Å²) in [7, 11) is 0. The molecule has 4 heterocycles. The summed E-state index contributed by atoms with van der Waals surface area (Å²) in [5.41, 5.74) is 1.59. The smallest absolute Gasteiger partial charge is 0.234 e. The number of aromatic nitrogens is 3. The van der Waals surface area contributed by atoms with Gasteiger partial charge in [0.2, 0.25) is 5.91 Å². The highest BCUT2D eigenvalue weighted by Gasteiger charge is 2.57. The van der Waals surface area contributed by atoms with Crippen molar-refractivity contribution in [3.8, 4) is 10.4 Å². The van der Waals surface area contributed by atoms with E-state index in [2.05, 4.69) is 26.6 Å². The van der Waals surface area contributed by atoms with Crippen LogP contribution in [-0.4, -0.2) is 33.8 Å². The highest BCUT2D eigenvalue weighted by Crippen LogP contribution is 2.50. The monoisotopic (exact) mass is 338 g/mol. The summed E-state index contributed by atoms with van der Waals surface area (Å²) in [4.78, 5) is 17.8. The van der Waals surface area contributed by atoms with Gasteiger partial charge in [0.1, 0.15) is 0 Å². The van der Waals surface area contributed by atoms with Gasteiger partial charge in [-0.1, -0.05) is 17.4 Å². The van der Waals surface area contributed by atoms with E-state index in [-0.39, 0.29) is 17.4 Å². The Bertz CT molecular complexity index is 943. The molecule has 3 aromatic rings. The van der Waals surface area contributed by atoms with Crippen LogP contribution in [0.15, 0.2) is 36.7 Å². The van der Waals surface area contributed by atoms with E-state index in [1.807, 2.05) is 18.2 Å². The van der Waals surface area contributed by atoms with Crippen LogP contribution in [0.2, 0.25) is 0 Å². The van der Waals surface area contributed by atoms with Gasteiger partial charge >= 0.3 is 0 Å². The lowest BCUT2D eigenvalue weighted by Gasteiger charge is -2.33. The minimum absolute atomic E-state index is 0.0333. The molecule has 0 atom stereocenters. The molecule has 2 aromatic heterocycles. The molecule has 1 saturated carbocycles. The van der Waals surface area contributed by atoms with Crippen LogP contribution >= 0.6 is 11.3 Å². The largest absolute Gasteiger partial charge is 0.377 e. The van der Waals surface area contributed by atoms with Crippen LogP contribution in [0.5, 0.6) is 0 Å². The Kier molecular flexibility index (Phi) is 2.95. The van der Waals surface area contributed by atoms with Gasteiger partial charge in [0, 0.05) is 11.6 Å². The Morgan fingerprint density at radius 3 is 3.08 bits per heavy atom. The second-order valence-corrected chi connectivity index (χ2v) is 7.44. The van der Waals surface area contributed by atoms with Crippen LogP contribution in [0.1, 0.15) is 12.8 Å². The van der Waals surface area contributed by atoms with Gasteiger partial charge in [-0.3, -0.25) is 4.79 Å². The molecule has 3 fully saturated rings. The lowest BCUT2D eigenvalue weighted by atomic mass is 9.70. The fraction of sp³-hybridized carbons (Fsp3) is 0.294. The number of hydrogen-bond acceptors (Lipinski definition) is 6. The van der Waals surface area contributed by atoms with Crippen LogP contribution in [-0.2, 0) is 9.53 Å². The molecule has 0 spiro atoms.